The summed E-state index contributed by atoms with van der Waals surface area (Å²) < 4.78 is 1.91. The number of rotatable bonds is 4. The van der Waals surface area contributed by atoms with Crippen LogP contribution < -0.4 is 0 Å². The third kappa shape index (κ3) is 3.50. The Kier molecular flexibility index (Phi) is 4.43. The zero-order chi connectivity index (χ0) is 18.1. The molecule has 4 aromatic rings. The largest absolute Gasteiger partial charge is 0.298 e. The summed E-state index contributed by atoms with van der Waals surface area (Å²) in [5.41, 5.74) is 3.11. The van der Waals surface area contributed by atoms with Crippen LogP contribution in [0.3, 0.4) is 0 Å². The van der Waals surface area contributed by atoms with Crippen molar-refractivity contribution in [3.63, 3.8) is 0 Å². The van der Waals surface area contributed by atoms with Crippen molar-refractivity contribution in [2.24, 2.45) is 0 Å². The zero-order valence-corrected chi connectivity index (χ0v) is 15.8. The zero-order valence-electron chi connectivity index (χ0n) is 15.0. The topological polar surface area (TPSA) is 46.3 Å². The number of thiophene rings is 1. The fourth-order valence-electron chi connectivity index (χ4n) is 3.81. The first-order chi connectivity index (χ1) is 13.3. The molecular formula is C21H21N5S. The van der Waals surface area contributed by atoms with Gasteiger partial charge < -0.3 is 0 Å². The maximum atomic E-state index is 4.82. The van der Waals surface area contributed by atoms with Crippen molar-refractivity contribution in [2.75, 3.05) is 13.1 Å². The molecule has 1 aliphatic rings. The summed E-state index contributed by atoms with van der Waals surface area (Å²) in [6.45, 7) is 3.23. The van der Waals surface area contributed by atoms with Gasteiger partial charge in [-0.2, -0.15) is 5.10 Å². The molecule has 0 saturated carbocycles. The van der Waals surface area contributed by atoms with Crippen molar-refractivity contribution in [3.8, 4) is 11.1 Å². The molecule has 0 unspecified atom stereocenters. The molecular weight excluding hydrogens is 354 g/mol. The molecule has 5 nitrogen and oxygen atoms in total. The van der Waals surface area contributed by atoms with Crippen molar-refractivity contribution in [1.29, 1.82) is 0 Å². The van der Waals surface area contributed by atoms with Crippen LogP contribution >= 0.6 is 11.3 Å². The number of fused-ring (bicyclic) bond motifs is 1. The van der Waals surface area contributed by atoms with E-state index in [1.165, 1.54) is 11.3 Å². The Morgan fingerprint density at radius 1 is 1.11 bits per heavy atom. The molecule has 5 rings (SSSR count). The highest BCUT2D eigenvalue weighted by molar-refractivity contribution is 7.09. The second kappa shape index (κ2) is 7.21. The minimum Gasteiger partial charge on any atom is -0.298 e. The first kappa shape index (κ1) is 16.6. The van der Waals surface area contributed by atoms with Crippen LogP contribution in [0, 0.1) is 0 Å². The Morgan fingerprint density at radius 3 is 2.96 bits per heavy atom. The molecule has 1 atom stereocenters. The molecule has 136 valence electrons. The second-order valence-corrected chi connectivity index (χ2v) is 8.12. The lowest BCUT2D eigenvalue weighted by molar-refractivity contribution is 0.198. The van der Waals surface area contributed by atoms with E-state index >= 15 is 0 Å². The van der Waals surface area contributed by atoms with Crippen molar-refractivity contribution in [3.05, 3.63) is 71.1 Å². The van der Waals surface area contributed by atoms with Crippen LogP contribution in [-0.4, -0.2) is 37.6 Å². The lowest BCUT2D eigenvalue weighted by atomic mass is 9.97. The summed E-state index contributed by atoms with van der Waals surface area (Å²) in [6, 6.07) is 12.5. The van der Waals surface area contributed by atoms with E-state index in [9.17, 15) is 0 Å². The van der Waals surface area contributed by atoms with E-state index in [4.69, 9.17) is 10.1 Å². The molecule has 5 heterocycles. The van der Waals surface area contributed by atoms with Gasteiger partial charge in [0.2, 0.25) is 0 Å². The molecule has 0 aromatic carbocycles. The fraction of sp³-hybridized carbons (Fsp3) is 0.286. The summed E-state index contributed by atoms with van der Waals surface area (Å²) in [5, 5.41) is 6.97. The Bertz CT molecular complexity index is 1030. The maximum Gasteiger partial charge on any atom is 0.156 e. The predicted octanol–water partition coefficient (Wildman–Crippen LogP) is 4.23. The summed E-state index contributed by atoms with van der Waals surface area (Å²) in [6.07, 6.45) is 8.08. The maximum absolute atomic E-state index is 4.82. The van der Waals surface area contributed by atoms with Gasteiger partial charge in [-0.3, -0.25) is 9.88 Å². The molecule has 0 amide bonds. The molecule has 1 saturated heterocycles. The normalized spacial score (nSPS) is 18.1. The molecule has 0 N–H and O–H groups in total. The van der Waals surface area contributed by atoms with Crippen LogP contribution in [0.25, 0.3) is 16.8 Å². The van der Waals surface area contributed by atoms with E-state index in [2.05, 4.69) is 45.7 Å². The van der Waals surface area contributed by atoms with Crippen LogP contribution in [0.1, 0.15) is 29.5 Å². The van der Waals surface area contributed by atoms with Gasteiger partial charge in [-0.05, 0) is 49.0 Å². The highest BCUT2D eigenvalue weighted by Gasteiger charge is 2.25. The van der Waals surface area contributed by atoms with E-state index in [-0.39, 0.29) is 0 Å². The van der Waals surface area contributed by atoms with E-state index in [0.717, 1.165) is 48.7 Å². The SMILES string of the molecule is c1cncc(-c2ccc3nc([C@@H]4CCCN(Cc5cccs5)C4)nn3c2)c1. The number of aromatic nitrogens is 4. The molecule has 0 aliphatic carbocycles. The smallest absolute Gasteiger partial charge is 0.156 e. The minimum atomic E-state index is 0.403. The van der Waals surface area contributed by atoms with Gasteiger partial charge in [-0.1, -0.05) is 12.1 Å². The van der Waals surface area contributed by atoms with Gasteiger partial charge in [0.25, 0.3) is 0 Å². The lowest BCUT2D eigenvalue weighted by Crippen LogP contribution is -2.34. The van der Waals surface area contributed by atoms with E-state index in [0.29, 0.717) is 5.92 Å². The quantitative estimate of drug-likeness (QED) is 0.535. The van der Waals surface area contributed by atoms with Gasteiger partial charge in [-0.25, -0.2) is 9.50 Å². The van der Waals surface area contributed by atoms with Crippen molar-refractivity contribution < 1.29 is 0 Å². The van der Waals surface area contributed by atoms with Gasteiger partial charge in [0, 0.05) is 53.6 Å². The number of hydrogen-bond donors (Lipinski definition) is 0. The minimum absolute atomic E-state index is 0.403. The molecule has 0 bridgehead atoms. The third-order valence-electron chi connectivity index (χ3n) is 5.17. The highest BCUT2D eigenvalue weighted by atomic mass is 32.1. The molecule has 4 aromatic heterocycles. The predicted molar refractivity (Wildman–Crippen MR) is 108 cm³/mol. The summed E-state index contributed by atoms with van der Waals surface area (Å²) in [5.74, 6) is 1.37. The number of nitrogens with zero attached hydrogens (tertiary/aromatic N) is 5. The van der Waals surface area contributed by atoms with Gasteiger partial charge in [0.1, 0.15) is 0 Å². The molecule has 0 radical (unpaired) electrons. The number of hydrogen-bond acceptors (Lipinski definition) is 5. The highest BCUT2D eigenvalue weighted by Crippen LogP contribution is 2.27. The standard InChI is InChI=1S/C21H21N5S/c1-4-16(12-22-9-1)17-7-8-20-23-21(24-26(20)14-17)18-5-2-10-25(13-18)15-19-6-3-11-27-19/h1,3-4,6-9,11-12,14,18H,2,5,10,13,15H2/t18-/m1/s1. The van der Waals surface area contributed by atoms with Crippen LogP contribution in [-0.2, 0) is 6.54 Å². The summed E-state index contributed by atoms with van der Waals surface area (Å²) >= 11 is 1.83. The van der Waals surface area contributed by atoms with Gasteiger partial charge in [0.05, 0.1) is 0 Å². The Hall–Kier alpha value is -2.57. The Balaban J connectivity index is 1.38. The molecule has 1 aliphatic heterocycles. The van der Waals surface area contributed by atoms with Gasteiger partial charge in [0.15, 0.2) is 11.5 Å². The average Bonchev–Trinajstić information content (AvgIpc) is 3.38. The average molecular weight is 376 g/mol. The molecule has 0 spiro atoms. The second-order valence-electron chi connectivity index (χ2n) is 7.09. The van der Waals surface area contributed by atoms with Crippen LogP contribution in [0.5, 0.6) is 0 Å². The van der Waals surface area contributed by atoms with Crippen LogP contribution in [0.2, 0.25) is 0 Å². The van der Waals surface area contributed by atoms with Crippen LogP contribution in [0.15, 0.2) is 60.4 Å². The van der Waals surface area contributed by atoms with Crippen LogP contribution in [0.4, 0.5) is 0 Å². The van der Waals surface area contributed by atoms with Gasteiger partial charge >= 0.3 is 0 Å². The Labute approximate surface area is 162 Å². The molecule has 6 heteroatoms. The number of pyridine rings is 2. The monoisotopic (exact) mass is 375 g/mol. The number of piperidine rings is 1. The summed E-state index contributed by atoms with van der Waals surface area (Å²) in [7, 11) is 0. The lowest BCUT2D eigenvalue weighted by Gasteiger charge is -2.30. The van der Waals surface area contributed by atoms with E-state index < -0.39 is 0 Å². The fourth-order valence-corrected chi connectivity index (χ4v) is 4.56. The first-order valence-electron chi connectivity index (χ1n) is 9.36. The van der Waals surface area contributed by atoms with E-state index in [1.807, 2.05) is 34.2 Å². The number of likely N-dealkylation sites (tertiary alicyclic amines) is 1. The molecule has 27 heavy (non-hydrogen) atoms. The van der Waals surface area contributed by atoms with Crippen molar-refractivity contribution >= 4 is 17.0 Å². The molecule has 1 fully saturated rings. The van der Waals surface area contributed by atoms with Crippen molar-refractivity contribution in [1.82, 2.24) is 24.5 Å². The van der Waals surface area contributed by atoms with Crippen molar-refractivity contribution in [2.45, 2.75) is 25.3 Å². The van der Waals surface area contributed by atoms with Gasteiger partial charge in [-0.15, -0.1) is 11.3 Å². The van der Waals surface area contributed by atoms with E-state index in [1.54, 1.807) is 6.20 Å². The summed E-state index contributed by atoms with van der Waals surface area (Å²) in [4.78, 5) is 13.0. The third-order valence-corrected chi connectivity index (χ3v) is 6.03. The Morgan fingerprint density at radius 2 is 2.11 bits per heavy atom. The first-order valence-corrected chi connectivity index (χ1v) is 10.2.